The van der Waals surface area contributed by atoms with Gasteiger partial charge in [0.25, 0.3) is 0 Å². The second-order valence-electron chi connectivity index (χ2n) is 5.81. The van der Waals surface area contributed by atoms with Gasteiger partial charge in [0.2, 0.25) is 0 Å². The second-order valence-corrected chi connectivity index (χ2v) is 5.81. The van der Waals surface area contributed by atoms with Gasteiger partial charge in [0.15, 0.2) is 0 Å². The van der Waals surface area contributed by atoms with Crippen molar-refractivity contribution in [3.05, 3.63) is 29.8 Å². The maximum absolute atomic E-state index is 9.68. The highest BCUT2D eigenvalue weighted by molar-refractivity contribution is 5.34. The van der Waals surface area contributed by atoms with Crippen molar-refractivity contribution in [2.24, 2.45) is 0 Å². The molecule has 1 N–H and O–H groups in total. The maximum atomic E-state index is 9.68. The molecule has 1 aromatic rings. The summed E-state index contributed by atoms with van der Waals surface area (Å²) in [6, 6.07) is 8.69. The standard InChI is InChI=1S/C15H21NO/c1-16-9-3-7-15(8-6-13(16)11-15)12-4-2-5-14(17)10-12/h2,4-5,10,13,17H,3,6-9,11H2,1H3. The molecule has 0 spiro atoms. The highest BCUT2D eigenvalue weighted by Crippen LogP contribution is 2.48. The molecule has 2 bridgehead atoms. The number of likely N-dealkylation sites (tertiary alicyclic amines) is 1. The predicted molar refractivity (Wildman–Crippen MR) is 69.3 cm³/mol. The summed E-state index contributed by atoms with van der Waals surface area (Å²) in [7, 11) is 2.26. The smallest absolute Gasteiger partial charge is 0.115 e. The SMILES string of the molecule is CN1CCCC2(c3cccc(O)c3)CCC1C2. The van der Waals surface area contributed by atoms with E-state index in [-0.39, 0.29) is 0 Å². The zero-order valence-corrected chi connectivity index (χ0v) is 10.5. The third-order valence-electron chi connectivity index (χ3n) is 4.83. The summed E-state index contributed by atoms with van der Waals surface area (Å²) in [4.78, 5) is 2.53. The number of hydrogen-bond acceptors (Lipinski definition) is 2. The Bertz CT molecular complexity index is 417. The van der Waals surface area contributed by atoms with Gasteiger partial charge in [-0.1, -0.05) is 12.1 Å². The molecule has 1 aliphatic carbocycles. The van der Waals surface area contributed by atoms with Gasteiger partial charge in [-0.2, -0.15) is 0 Å². The van der Waals surface area contributed by atoms with Crippen LogP contribution in [-0.2, 0) is 5.41 Å². The Morgan fingerprint density at radius 3 is 3.06 bits per heavy atom. The van der Waals surface area contributed by atoms with E-state index in [2.05, 4.69) is 18.0 Å². The Morgan fingerprint density at radius 1 is 1.35 bits per heavy atom. The van der Waals surface area contributed by atoms with E-state index in [0.29, 0.717) is 11.2 Å². The minimum Gasteiger partial charge on any atom is -0.508 e. The number of benzene rings is 1. The van der Waals surface area contributed by atoms with E-state index in [1.807, 2.05) is 12.1 Å². The molecule has 1 saturated carbocycles. The van der Waals surface area contributed by atoms with E-state index < -0.39 is 0 Å². The average Bonchev–Trinajstić information content (AvgIpc) is 2.67. The van der Waals surface area contributed by atoms with Gasteiger partial charge in [-0.3, -0.25) is 0 Å². The van der Waals surface area contributed by atoms with Gasteiger partial charge >= 0.3 is 0 Å². The van der Waals surface area contributed by atoms with Crippen LogP contribution in [0.4, 0.5) is 0 Å². The first-order valence-electron chi connectivity index (χ1n) is 6.69. The molecule has 0 amide bonds. The van der Waals surface area contributed by atoms with E-state index in [1.165, 1.54) is 44.2 Å². The summed E-state index contributed by atoms with van der Waals surface area (Å²) in [5.74, 6) is 0.415. The third-order valence-corrected chi connectivity index (χ3v) is 4.83. The molecular weight excluding hydrogens is 210 g/mol. The molecule has 2 atom stereocenters. The fraction of sp³-hybridized carbons (Fsp3) is 0.600. The molecule has 2 heteroatoms. The first kappa shape index (κ1) is 11.1. The molecule has 1 heterocycles. The van der Waals surface area contributed by atoms with Gasteiger partial charge in [-0.05, 0) is 68.8 Å². The van der Waals surface area contributed by atoms with Crippen molar-refractivity contribution in [2.45, 2.75) is 43.6 Å². The van der Waals surface area contributed by atoms with E-state index in [9.17, 15) is 5.11 Å². The van der Waals surface area contributed by atoms with Gasteiger partial charge in [-0.15, -0.1) is 0 Å². The average molecular weight is 231 g/mol. The van der Waals surface area contributed by atoms with Crippen molar-refractivity contribution in [1.82, 2.24) is 4.90 Å². The summed E-state index contributed by atoms with van der Waals surface area (Å²) in [6.07, 6.45) is 6.42. The molecule has 1 aromatic carbocycles. The van der Waals surface area contributed by atoms with Gasteiger partial charge in [0, 0.05) is 6.04 Å². The van der Waals surface area contributed by atoms with Crippen molar-refractivity contribution in [3.8, 4) is 5.75 Å². The minimum atomic E-state index is 0.341. The Balaban J connectivity index is 1.96. The molecule has 2 nitrogen and oxygen atoms in total. The largest absolute Gasteiger partial charge is 0.508 e. The van der Waals surface area contributed by atoms with Crippen LogP contribution in [0.3, 0.4) is 0 Å². The van der Waals surface area contributed by atoms with Crippen LogP contribution in [0.2, 0.25) is 0 Å². The number of phenolic OH excluding ortho intramolecular Hbond substituents is 1. The number of nitrogens with zero attached hydrogens (tertiary/aromatic N) is 1. The first-order chi connectivity index (χ1) is 8.20. The Morgan fingerprint density at radius 2 is 2.24 bits per heavy atom. The zero-order chi connectivity index (χ0) is 11.9. The Kier molecular flexibility index (Phi) is 2.62. The fourth-order valence-electron chi connectivity index (χ4n) is 3.79. The van der Waals surface area contributed by atoms with Crippen LogP contribution in [0.5, 0.6) is 5.75 Å². The number of rotatable bonds is 1. The van der Waals surface area contributed by atoms with E-state index >= 15 is 0 Å². The minimum absolute atomic E-state index is 0.341. The van der Waals surface area contributed by atoms with Crippen molar-refractivity contribution >= 4 is 0 Å². The molecule has 3 rings (SSSR count). The summed E-state index contributed by atoms with van der Waals surface area (Å²) in [5.41, 5.74) is 1.70. The lowest BCUT2D eigenvalue weighted by molar-refractivity contribution is 0.252. The molecule has 92 valence electrons. The lowest BCUT2D eigenvalue weighted by Crippen LogP contribution is -2.29. The summed E-state index contributed by atoms with van der Waals surface area (Å²) < 4.78 is 0. The summed E-state index contributed by atoms with van der Waals surface area (Å²) in [5, 5.41) is 9.68. The van der Waals surface area contributed by atoms with Crippen LogP contribution >= 0.6 is 0 Å². The maximum Gasteiger partial charge on any atom is 0.115 e. The van der Waals surface area contributed by atoms with E-state index in [1.54, 1.807) is 6.07 Å². The second kappa shape index (κ2) is 4.02. The predicted octanol–water partition coefficient (Wildman–Crippen LogP) is 2.91. The van der Waals surface area contributed by atoms with Crippen LogP contribution in [0.25, 0.3) is 0 Å². The number of fused-ring (bicyclic) bond motifs is 2. The molecule has 0 radical (unpaired) electrons. The molecule has 2 aliphatic rings. The van der Waals surface area contributed by atoms with Gasteiger partial charge in [0.05, 0.1) is 0 Å². The number of phenols is 1. The van der Waals surface area contributed by atoms with Crippen molar-refractivity contribution in [1.29, 1.82) is 0 Å². The number of hydrogen-bond donors (Lipinski definition) is 1. The monoisotopic (exact) mass is 231 g/mol. The van der Waals surface area contributed by atoms with Crippen molar-refractivity contribution in [3.63, 3.8) is 0 Å². The van der Waals surface area contributed by atoms with E-state index in [4.69, 9.17) is 0 Å². The van der Waals surface area contributed by atoms with Gasteiger partial charge in [0.1, 0.15) is 5.75 Å². The highest BCUT2D eigenvalue weighted by Gasteiger charge is 2.43. The fourth-order valence-corrected chi connectivity index (χ4v) is 3.79. The van der Waals surface area contributed by atoms with Crippen LogP contribution < -0.4 is 0 Å². The zero-order valence-electron chi connectivity index (χ0n) is 10.5. The lowest BCUT2D eigenvalue weighted by atomic mass is 9.75. The highest BCUT2D eigenvalue weighted by atomic mass is 16.3. The quantitative estimate of drug-likeness (QED) is 0.803. The third kappa shape index (κ3) is 1.85. The topological polar surface area (TPSA) is 23.5 Å². The van der Waals surface area contributed by atoms with Crippen LogP contribution in [0.1, 0.15) is 37.7 Å². The summed E-state index contributed by atoms with van der Waals surface area (Å²) in [6.45, 7) is 1.23. The van der Waals surface area contributed by atoms with Crippen molar-refractivity contribution in [2.75, 3.05) is 13.6 Å². The summed E-state index contributed by atoms with van der Waals surface area (Å²) >= 11 is 0. The van der Waals surface area contributed by atoms with Crippen molar-refractivity contribution < 1.29 is 5.11 Å². The lowest BCUT2D eigenvalue weighted by Gasteiger charge is -2.29. The normalized spacial score (nSPS) is 33.6. The molecule has 17 heavy (non-hydrogen) atoms. The Hall–Kier alpha value is -1.02. The van der Waals surface area contributed by atoms with Gasteiger partial charge in [-0.25, -0.2) is 0 Å². The molecule has 2 unspecified atom stereocenters. The van der Waals surface area contributed by atoms with Crippen LogP contribution in [0.15, 0.2) is 24.3 Å². The number of aromatic hydroxyl groups is 1. The van der Waals surface area contributed by atoms with E-state index in [0.717, 1.165) is 6.04 Å². The Labute approximate surface area is 103 Å². The van der Waals surface area contributed by atoms with Gasteiger partial charge < -0.3 is 10.0 Å². The molecule has 1 saturated heterocycles. The first-order valence-corrected chi connectivity index (χ1v) is 6.69. The molecular formula is C15H21NO. The molecule has 1 aliphatic heterocycles. The van der Waals surface area contributed by atoms with Crippen LogP contribution in [-0.4, -0.2) is 29.6 Å². The molecule has 0 aromatic heterocycles. The molecule has 2 fully saturated rings. The van der Waals surface area contributed by atoms with Crippen LogP contribution in [0, 0.1) is 0 Å².